The largest absolute Gasteiger partial charge is 0.497 e. The molecule has 10 nitrogen and oxygen atoms in total. The molecule has 1 aliphatic rings. The first-order chi connectivity index (χ1) is 19.2. The van der Waals surface area contributed by atoms with E-state index in [-0.39, 0.29) is 39.6 Å². The number of rotatable bonds is 11. The van der Waals surface area contributed by atoms with Crippen LogP contribution in [0.4, 0.5) is 11.4 Å². The van der Waals surface area contributed by atoms with Crippen molar-refractivity contribution < 1.29 is 32.2 Å². The third-order valence-electron chi connectivity index (χ3n) is 6.51. The van der Waals surface area contributed by atoms with E-state index in [4.69, 9.17) is 14.2 Å². The van der Waals surface area contributed by atoms with Gasteiger partial charge in [-0.1, -0.05) is 29.8 Å². The topological polar surface area (TPSA) is 123 Å². The molecule has 3 aromatic carbocycles. The molecule has 1 atom stereocenters. The molecule has 212 valence electrons. The molecule has 0 bridgehead atoms. The van der Waals surface area contributed by atoms with Crippen LogP contribution in [0, 0.1) is 6.92 Å². The summed E-state index contributed by atoms with van der Waals surface area (Å²) in [6, 6.07) is 17.5. The lowest BCUT2D eigenvalue weighted by Crippen LogP contribution is -2.39. The van der Waals surface area contributed by atoms with Crippen LogP contribution in [0.1, 0.15) is 28.8 Å². The van der Waals surface area contributed by atoms with E-state index in [1.807, 2.05) is 6.92 Å². The molecule has 11 heteroatoms. The lowest BCUT2D eigenvalue weighted by atomic mass is 10.1. The third-order valence-corrected chi connectivity index (χ3v) is 8.29. The van der Waals surface area contributed by atoms with Gasteiger partial charge in [0.1, 0.15) is 18.0 Å². The van der Waals surface area contributed by atoms with Crippen LogP contribution in [0.15, 0.2) is 71.6 Å². The summed E-state index contributed by atoms with van der Waals surface area (Å²) in [7, 11) is -1.31. The van der Waals surface area contributed by atoms with Crippen LogP contribution in [0.5, 0.6) is 11.5 Å². The van der Waals surface area contributed by atoms with Gasteiger partial charge in [-0.05, 0) is 56.2 Å². The van der Waals surface area contributed by atoms with E-state index in [0.717, 1.165) is 22.7 Å². The van der Waals surface area contributed by atoms with Crippen LogP contribution >= 0.6 is 0 Å². The monoisotopic (exact) mass is 567 g/mol. The summed E-state index contributed by atoms with van der Waals surface area (Å²) >= 11 is 0. The predicted octanol–water partition coefficient (Wildman–Crippen LogP) is 3.76. The van der Waals surface area contributed by atoms with Crippen molar-refractivity contribution in [1.29, 1.82) is 0 Å². The molecular weight excluding hydrogens is 534 g/mol. The maximum Gasteiger partial charge on any atom is 0.264 e. The first-order valence-electron chi connectivity index (χ1n) is 12.8. The van der Waals surface area contributed by atoms with Crippen LogP contribution in [0.2, 0.25) is 0 Å². The zero-order valence-electron chi connectivity index (χ0n) is 22.7. The maximum absolute atomic E-state index is 13.8. The van der Waals surface area contributed by atoms with Gasteiger partial charge in [-0.25, -0.2) is 8.42 Å². The lowest BCUT2D eigenvalue weighted by Gasteiger charge is -2.26. The van der Waals surface area contributed by atoms with Crippen LogP contribution in [0.25, 0.3) is 0 Å². The fraction of sp³-hybridized carbons (Fsp3) is 0.310. The summed E-state index contributed by atoms with van der Waals surface area (Å²) in [5.41, 5.74) is 1.55. The smallest absolute Gasteiger partial charge is 0.264 e. The van der Waals surface area contributed by atoms with Gasteiger partial charge in [-0.2, -0.15) is 0 Å². The molecule has 1 aliphatic heterocycles. The Balaban J connectivity index is 1.61. The van der Waals surface area contributed by atoms with Gasteiger partial charge in [0.15, 0.2) is 0 Å². The number of hydrogen-bond donors (Lipinski definition) is 2. The highest BCUT2D eigenvalue weighted by molar-refractivity contribution is 7.92. The van der Waals surface area contributed by atoms with E-state index in [0.29, 0.717) is 18.9 Å². The number of carbonyl (C=O) groups is 2. The van der Waals surface area contributed by atoms with Gasteiger partial charge in [0.05, 0.1) is 42.2 Å². The van der Waals surface area contributed by atoms with Crippen molar-refractivity contribution in [3.05, 3.63) is 77.9 Å². The van der Waals surface area contributed by atoms with Crippen LogP contribution in [-0.2, 0) is 19.6 Å². The van der Waals surface area contributed by atoms with Crippen LogP contribution in [0.3, 0.4) is 0 Å². The third kappa shape index (κ3) is 6.72. The number of sulfonamides is 1. The minimum atomic E-state index is -4.20. The summed E-state index contributed by atoms with van der Waals surface area (Å²) in [5, 5.41) is 5.56. The van der Waals surface area contributed by atoms with Crippen molar-refractivity contribution in [3.8, 4) is 11.5 Å². The molecule has 1 heterocycles. The number of nitrogens with zero attached hydrogens (tertiary/aromatic N) is 1. The number of methoxy groups -OCH3 is 2. The highest BCUT2D eigenvalue weighted by atomic mass is 32.2. The molecule has 0 saturated carbocycles. The Morgan fingerprint density at radius 2 is 1.77 bits per heavy atom. The van der Waals surface area contributed by atoms with Crippen LogP contribution in [-0.4, -0.2) is 60.3 Å². The molecule has 0 aliphatic carbocycles. The summed E-state index contributed by atoms with van der Waals surface area (Å²) in [5.74, 6) is -0.349. The zero-order chi connectivity index (χ0) is 28.7. The van der Waals surface area contributed by atoms with Crippen molar-refractivity contribution in [2.45, 2.75) is 30.8 Å². The highest BCUT2D eigenvalue weighted by Crippen LogP contribution is 2.35. The molecule has 3 aromatic rings. The average molecular weight is 568 g/mol. The standard InChI is InChI=1S/C29H33N3O7S/c1-20-10-13-23(14-11-20)40(35,36)32(26-15-12-21(37-2)17-27(26)38-3)19-28(33)31-25-9-5-4-8-24(25)29(34)30-18-22-7-6-16-39-22/h4-5,8-15,17,22H,6-7,16,18-19H2,1-3H3,(H,30,34)(H,31,33)/t22-/m0/s1. The minimum Gasteiger partial charge on any atom is -0.497 e. The Bertz CT molecular complexity index is 1450. The number of para-hydroxylation sites is 1. The van der Waals surface area contributed by atoms with E-state index >= 15 is 0 Å². The fourth-order valence-corrected chi connectivity index (χ4v) is 5.78. The van der Waals surface area contributed by atoms with E-state index in [1.165, 1.54) is 32.4 Å². The summed E-state index contributed by atoms with van der Waals surface area (Å²) < 4.78 is 44.9. The molecule has 1 saturated heterocycles. The lowest BCUT2D eigenvalue weighted by molar-refractivity contribution is -0.114. The maximum atomic E-state index is 13.8. The Kier molecular flexibility index (Phi) is 9.28. The summed E-state index contributed by atoms with van der Waals surface area (Å²) in [4.78, 5) is 26.3. The van der Waals surface area contributed by atoms with Gasteiger partial charge in [0.25, 0.3) is 15.9 Å². The highest BCUT2D eigenvalue weighted by Gasteiger charge is 2.30. The van der Waals surface area contributed by atoms with Crippen molar-refractivity contribution in [3.63, 3.8) is 0 Å². The Morgan fingerprint density at radius 3 is 2.45 bits per heavy atom. The van der Waals surface area contributed by atoms with Crippen molar-refractivity contribution >= 4 is 33.2 Å². The first-order valence-corrected chi connectivity index (χ1v) is 14.3. The number of anilines is 2. The number of carbonyl (C=O) groups excluding carboxylic acids is 2. The SMILES string of the molecule is COc1ccc(N(CC(=O)Nc2ccccc2C(=O)NC[C@@H]2CCCO2)S(=O)(=O)c2ccc(C)cc2)c(OC)c1. The van der Waals surface area contributed by atoms with Gasteiger partial charge in [0, 0.05) is 19.2 Å². The van der Waals surface area contributed by atoms with Gasteiger partial charge >= 0.3 is 0 Å². The fourth-order valence-electron chi connectivity index (χ4n) is 4.35. The molecule has 4 rings (SSSR count). The molecule has 2 amide bonds. The van der Waals surface area contributed by atoms with Crippen molar-refractivity contribution in [2.24, 2.45) is 0 Å². The number of aryl methyl sites for hydroxylation is 1. The van der Waals surface area contributed by atoms with Gasteiger partial charge < -0.3 is 24.8 Å². The molecule has 2 N–H and O–H groups in total. The number of nitrogens with one attached hydrogen (secondary N) is 2. The normalized spacial score (nSPS) is 14.8. The van der Waals surface area contributed by atoms with Gasteiger partial charge in [-0.3, -0.25) is 13.9 Å². The van der Waals surface area contributed by atoms with E-state index in [2.05, 4.69) is 10.6 Å². The number of ether oxygens (including phenoxy) is 3. The minimum absolute atomic E-state index is 0.0117. The predicted molar refractivity (Wildman–Crippen MR) is 152 cm³/mol. The molecule has 1 fully saturated rings. The molecular formula is C29H33N3O7S. The average Bonchev–Trinajstić information content (AvgIpc) is 3.48. The second kappa shape index (κ2) is 12.8. The quantitative estimate of drug-likeness (QED) is 0.362. The molecule has 40 heavy (non-hydrogen) atoms. The van der Waals surface area contributed by atoms with E-state index in [1.54, 1.807) is 48.5 Å². The Morgan fingerprint density at radius 1 is 1.02 bits per heavy atom. The van der Waals surface area contributed by atoms with E-state index in [9.17, 15) is 18.0 Å². The van der Waals surface area contributed by atoms with E-state index < -0.39 is 22.5 Å². The second-order valence-corrected chi connectivity index (χ2v) is 11.2. The summed E-state index contributed by atoms with van der Waals surface area (Å²) in [6.07, 6.45) is 1.79. The molecule has 0 radical (unpaired) electrons. The van der Waals surface area contributed by atoms with Crippen molar-refractivity contribution in [2.75, 3.05) is 43.5 Å². The number of amides is 2. The number of hydrogen-bond acceptors (Lipinski definition) is 7. The Hall–Kier alpha value is -4.09. The van der Waals surface area contributed by atoms with Crippen molar-refractivity contribution in [1.82, 2.24) is 5.32 Å². The van der Waals surface area contributed by atoms with Gasteiger partial charge in [-0.15, -0.1) is 0 Å². The molecule has 0 aromatic heterocycles. The van der Waals surface area contributed by atoms with Crippen LogP contribution < -0.4 is 24.4 Å². The second-order valence-electron chi connectivity index (χ2n) is 9.30. The molecule has 0 spiro atoms. The molecule has 0 unspecified atom stereocenters. The first kappa shape index (κ1) is 28.9. The summed E-state index contributed by atoms with van der Waals surface area (Å²) in [6.45, 7) is 2.31. The zero-order valence-corrected chi connectivity index (χ0v) is 23.5. The Labute approximate surface area is 234 Å². The number of benzene rings is 3. The van der Waals surface area contributed by atoms with Gasteiger partial charge in [0.2, 0.25) is 5.91 Å².